The topological polar surface area (TPSA) is 114 Å². The van der Waals surface area contributed by atoms with Gasteiger partial charge in [0.05, 0.1) is 20.8 Å². The Kier molecular flexibility index (Phi) is 5.66. The Balaban J connectivity index is 1.40. The Labute approximate surface area is 198 Å². The molecule has 5 rings (SSSR count). The lowest BCUT2D eigenvalue weighted by Crippen LogP contribution is -2.22. The monoisotopic (exact) mass is 498 g/mol. The second-order valence-corrected chi connectivity index (χ2v) is 10.4. The Bertz CT molecular complexity index is 1510. The van der Waals surface area contributed by atoms with E-state index in [1.54, 1.807) is 6.92 Å². The second-order valence-electron chi connectivity index (χ2n) is 7.76. The summed E-state index contributed by atoms with van der Waals surface area (Å²) in [7, 11) is -3.98. The maximum atomic E-state index is 13.1. The third-order valence-electron chi connectivity index (χ3n) is 5.47. The van der Waals surface area contributed by atoms with Gasteiger partial charge in [0, 0.05) is 17.5 Å². The quantitative estimate of drug-likeness (QED) is 0.390. The third-order valence-corrected chi connectivity index (χ3v) is 7.65. The lowest BCUT2D eigenvalue weighted by molar-refractivity contribution is 0.0994. The number of rotatable bonds is 5. The Hall–Kier alpha value is -3.57. The molecule has 0 saturated carbocycles. The summed E-state index contributed by atoms with van der Waals surface area (Å²) < 4.78 is 45.0. The number of amides is 1. The minimum absolute atomic E-state index is 0.103. The third kappa shape index (κ3) is 4.19. The standard InChI is InChI=1S/C23H19FN4O4S2/c1-13-20-17(27-28-34(30,31)15-11-9-14(24)10-12-15)6-4-7-18(20)32-21(13)22(29)26-23-25-16-5-2-3-8-19(16)33-23/h2-3,5,8-12,28H,4,6-7H2,1H3,(H,25,26,29)/b27-17+. The molecule has 174 valence electrons. The van der Waals surface area contributed by atoms with Crippen molar-refractivity contribution in [2.24, 2.45) is 5.10 Å². The zero-order chi connectivity index (χ0) is 23.9. The van der Waals surface area contributed by atoms with E-state index in [4.69, 9.17) is 4.42 Å². The fourth-order valence-electron chi connectivity index (χ4n) is 3.86. The van der Waals surface area contributed by atoms with Gasteiger partial charge in [-0.3, -0.25) is 10.1 Å². The number of para-hydroxylation sites is 1. The molecule has 2 aromatic carbocycles. The maximum absolute atomic E-state index is 13.1. The fraction of sp³-hybridized carbons (Fsp3) is 0.174. The van der Waals surface area contributed by atoms with Crippen LogP contribution in [0.2, 0.25) is 0 Å². The van der Waals surface area contributed by atoms with Crippen LogP contribution in [0.5, 0.6) is 0 Å². The number of aromatic nitrogens is 1. The van der Waals surface area contributed by atoms with E-state index in [2.05, 4.69) is 20.2 Å². The molecule has 0 bridgehead atoms. The lowest BCUT2D eigenvalue weighted by Gasteiger charge is -2.14. The van der Waals surface area contributed by atoms with Gasteiger partial charge in [0.25, 0.3) is 15.9 Å². The highest BCUT2D eigenvalue weighted by Gasteiger charge is 2.29. The number of sulfonamides is 1. The van der Waals surface area contributed by atoms with Gasteiger partial charge in [0.1, 0.15) is 11.6 Å². The van der Waals surface area contributed by atoms with Crippen molar-refractivity contribution < 1.29 is 22.0 Å². The van der Waals surface area contributed by atoms with E-state index < -0.39 is 21.7 Å². The molecule has 0 fully saturated rings. The first kappa shape index (κ1) is 22.2. The summed E-state index contributed by atoms with van der Waals surface area (Å²) in [6.45, 7) is 1.74. The van der Waals surface area contributed by atoms with Crippen LogP contribution in [0.1, 0.15) is 40.3 Å². The first-order valence-electron chi connectivity index (χ1n) is 10.5. The molecule has 0 spiro atoms. The fourth-order valence-corrected chi connectivity index (χ4v) is 5.55. The van der Waals surface area contributed by atoms with Crippen LogP contribution in [0.4, 0.5) is 9.52 Å². The number of benzene rings is 2. The van der Waals surface area contributed by atoms with Crippen LogP contribution in [0.25, 0.3) is 10.2 Å². The number of nitrogens with one attached hydrogen (secondary N) is 2. The Morgan fingerprint density at radius 3 is 2.68 bits per heavy atom. The summed E-state index contributed by atoms with van der Waals surface area (Å²) in [6.07, 6.45) is 1.81. The molecule has 0 radical (unpaired) electrons. The van der Waals surface area contributed by atoms with E-state index in [-0.39, 0.29) is 10.7 Å². The van der Waals surface area contributed by atoms with Gasteiger partial charge in [-0.15, -0.1) is 0 Å². The van der Waals surface area contributed by atoms with Crippen LogP contribution in [-0.2, 0) is 16.4 Å². The molecule has 0 atom stereocenters. The van der Waals surface area contributed by atoms with Crippen LogP contribution in [-0.4, -0.2) is 25.0 Å². The van der Waals surface area contributed by atoms with Gasteiger partial charge in [-0.1, -0.05) is 23.5 Å². The van der Waals surface area contributed by atoms with E-state index in [0.29, 0.717) is 47.0 Å². The van der Waals surface area contributed by atoms with Crippen molar-refractivity contribution in [2.45, 2.75) is 31.1 Å². The Morgan fingerprint density at radius 2 is 1.91 bits per heavy atom. The van der Waals surface area contributed by atoms with E-state index >= 15 is 0 Å². The molecule has 0 aliphatic heterocycles. The zero-order valence-corrected chi connectivity index (χ0v) is 19.6. The maximum Gasteiger partial charge on any atom is 0.293 e. The molecular weight excluding hydrogens is 479 g/mol. The number of carbonyl (C=O) groups is 1. The highest BCUT2D eigenvalue weighted by atomic mass is 32.2. The molecule has 1 aliphatic rings. The summed E-state index contributed by atoms with van der Waals surface area (Å²) in [4.78, 5) is 19.5. The number of hydrogen-bond donors (Lipinski definition) is 2. The molecule has 34 heavy (non-hydrogen) atoms. The summed E-state index contributed by atoms with van der Waals surface area (Å²) in [5, 5.41) is 7.37. The van der Waals surface area contributed by atoms with Crippen molar-refractivity contribution >= 4 is 48.3 Å². The van der Waals surface area contributed by atoms with Crippen LogP contribution < -0.4 is 10.1 Å². The highest BCUT2D eigenvalue weighted by Crippen LogP contribution is 2.31. The number of thiazole rings is 1. The normalized spacial score (nSPS) is 14.8. The predicted molar refractivity (Wildman–Crippen MR) is 127 cm³/mol. The van der Waals surface area contributed by atoms with Crippen molar-refractivity contribution in [3.05, 3.63) is 77.0 Å². The van der Waals surface area contributed by atoms with Gasteiger partial charge < -0.3 is 4.42 Å². The van der Waals surface area contributed by atoms with E-state index in [9.17, 15) is 17.6 Å². The molecule has 2 heterocycles. The molecular formula is C23H19FN4O4S2. The first-order chi connectivity index (χ1) is 16.3. The number of halogens is 1. The van der Waals surface area contributed by atoms with Crippen molar-refractivity contribution in [1.82, 2.24) is 9.82 Å². The molecule has 4 aromatic rings. The minimum Gasteiger partial charge on any atom is -0.455 e. The molecule has 11 heteroatoms. The number of aryl methyl sites for hydroxylation is 1. The van der Waals surface area contributed by atoms with Gasteiger partial charge in [-0.25, -0.2) is 9.37 Å². The molecule has 2 aromatic heterocycles. The van der Waals surface area contributed by atoms with E-state index in [1.807, 2.05) is 24.3 Å². The number of carbonyl (C=O) groups excluding carboxylic acids is 1. The van der Waals surface area contributed by atoms with Crippen LogP contribution in [0.3, 0.4) is 0 Å². The Morgan fingerprint density at radius 1 is 1.15 bits per heavy atom. The van der Waals surface area contributed by atoms with E-state index in [0.717, 1.165) is 34.5 Å². The molecule has 8 nitrogen and oxygen atoms in total. The molecule has 0 unspecified atom stereocenters. The van der Waals surface area contributed by atoms with Gasteiger partial charge in [0.2, 0.25) is 0 Å². The lowest BCUT2D eigenvalue weighted by atomic mass is 9.93. The largest absolute Gasteiger partial charge is 0.455 e. The summed E-state index contributed by atoms with van der Waals surface area (Å²) in [5.41, 5.74) is 2.48. The summed E-state index contributed by atoms with van der Waals surface area (Å²) >= 11 is 1.36. The van der Waals surface area contributed by atoms with Crippen molar-refractivity contribution in [3.8, 4) is 0 Å². The van der Waals surface area contributed by atoms with Crippen LogP contribution in [0.15, 0.2) is 62.9 Å². The zero-order valence-electron chi connectivity index (χ0n) is 18.0. The van der Waals surface area contributed by atoms with Gasteiger partial charge in [-0.05, 0) is 56.2 Å². The average molecular weight is 499 g/mol. The molecule has 2 N–H and O–H groups in total. The molecule has 1 amide bonds. The smallest absolute Gasteiger partial charge is 0.293 e. The molecule has 0 saturated heterocycles. The average Bonchev–Trinajstić information content (AvgIpc) is 3.38. The highest BCUT2D eigenvalue weighted by molar-refractivity contribution is 7.89. The number of furan rings is 1. The van der Waals surface area contributed by atoms with Gasteiger partial charge >= 0.3 is 0 Å². The van der Waals surface area contributed by atoms with Gasteiger partial charge in [-0.2, -0.15) is 18.4 Å². The second kappa shape index (κ2) is 8.65. The number of hydrazone groups is 1. The number of hydrogen-bond acceptors (Lipinski definition) is 7. The van der Waals surface area contributed by atoms with Crippen LogP contribution in [0, 0.1) is 12.7 Å². The van der Waals surface area contributed by atoms with Crippen LogP contribution >= 0.6 is 11.3 Å². The predicted octanol–water partition coefficient (Wildman–Crippen LogP) is 4.61. The van der Waals surface area contributed by atoms with Crippen molar-refractivity contribution in [2.75, 3.05) is 5.32 Å². The number of fused-ring (bicyclic) bond motifs is 2. The summed E-state index contributed by atoms with van der Waals surface area (Å²) in [5.74, 6) is -0.247. The SMILES string of the molecule is Cc1c(C(=O)Nc2nc3ccccc3s2)oc2c1/C(=N/NS(=O)(=O)c1ccc(F)cc1)CCC2. The van der Waals surface area contributed by atoms with E-state index in [1.165, 1.54) is 11.3 Å². The number of nitrogens with zero attached hydrogens (tertiary/aromatic N) is 2. The first-order valence-corrected chi connectivity index (χ1v) is 12.8. The van der Waals surface area contributed by atoms with Gasteiger partial charge in [0.15, 0.2) is 10.9 Å². The minimum atomic E-state index is -3.98. The summed E-state index contributed by atoms with van der Waals surface area (Å²) in [6, 6.07) is 12.0. The number of anilines is 1. The van der Waals surface area contributed by atoms with Crippen molar-refractivity contribution in [3.63, 3.8) is 0 Å². The molecule has 1 aliphatic carbocycles. The van der Waals surface area contributed by atoms with Crippen molar-refractivity contribution in [1.29, 1.82) is 0 Å².